The fourth-order valence-electron chi connectivity index (χ4n) is 4.58. The van der Waals surface area contributed by atoms with Crippen LogP contribution in [0.15, 0.2) is 102 Å². The normalized spacial score (nSPS) is 16.6. The predicted octanol–water partition coefficient (Wildman–Crippen LogP) is 10.2. The van der Waals surface area contributed by atoms with Crippen molar-refractivity contribution < 1.29 is 9.53 Å². The molecule has 0 bridgehead atoms. The molecule has 4 heteroatoms. The van der Waals surface area contributed by atoms with Crippen LogP contribution in [0.5, 0.6) is 5.75 Å². The minimum absolute atomic E-state index is 0.194. The van der Waals surface area contributed by atoms with Crippen molar-refractivity contribution in [1.82, 2.24) is 0 Å². The number of ether oxygens (including phenoxy) is 1. The molecule has 0 saturated heterocycles. The van der Waals surface area contributed by atoms with Gasteiger partial charge in [0.1, 0.15) is 10.5 Å². The van der Waals surface area contributed by atoms with Gasteiger partial charge in [0, 0.05) is 4.90 Å². The Bertz CT molecular complexity index is 1230. The number of rotatable bonds is 14. The third-order valence-corrected chi connectivity index (χ3v) is 9.56. The van der Waals surface area contributed by atoms with Crippen molar-refractivity contribution in [3.8, 4) is 16.9 Å². The Labute approximate surface area is 243 Å². The van der Waals surface area contributed by atoms with Gasteiger partial charge in [-0.15, -0.1) is 23.5 Å². The molecule has 0 heterocycles. The van der Waals surface area contributed by atoms with Crippen LogP contribution in [0.1, 0.15) is 64.4 Å². The topological polar surface area (TPSA) is 26.3 Å². The van der Waals surface area contributed by atoms with Gasteiger partial charge in [0.2, 0.25) is 0 Å². The first-order chi connectivity index (χ1) is 19.1. The standard InChI is InChI=1S/C35H40O2S2/c1-3-5-10-26-38-33-20-16-30(17-21-33)29-14-18-32(19-15-29)37-34(36)35(39-27-11-6-4-2)24-22-31(23-25-35)28-12-8-7-9-13-28/h7-9,12-24H,3-6,10-11,25-27H2,1-2H3. The predicted molar refractivity (Wildman–Crippen MR) is 171 cm³/mol. The third-order valence-electron chi connectivity index (χ3n) is 6.99. The molecular weight excluding hydrogens is 517 g/mol. The highest BCUT2D eigenvalue weighted by atomic mass is 32.2. The summed E-state index contributed by atoms with van der Waals surface area (Å²) in [5, 5.41) is 0. The summed E-state index contributed by atoms with van der Waals surface area (Å²) in [6.45, 7) is 4.44. The molecule has 0 aromatic heterocycles. The first kappa shape index (κ1) is 29.3. The smallest absolute Gasteiger partial charge is 0.331 e. The molecule has 2 nitrogen and oxygen atoms in total. The van der Waals surface area contributed by atoms with Gasteiger partial charge in [-0.2, -0.15) is 0 Å². The van der Waals surface area contributed by atoms with Crippen LogP contribution in [0.25, 0.3) is 16.7 Å². The van der Waals surface area contributed by atoms with Crippen molar-refractivity contribution in [2.75, 3.05) is 11.5 Å². The van der Waals surface area contributed by atoms with Gasteiger partial charge in [-0.3, -0.25) is 0 Å². The molecule has 3 aromatic carbocycles. The molecule has 1 unspecified atom stereocenters. The summed E-state index contributed by atoms with van der Waals surface area (Å²) in [6.07, 6.45) is 14.2. The van der Waals surface area contributed by atoms with E-state index in [1.807, 2.05) is 54.2 Å². The van der Waals surface area contributed by atoms with E-state index in [1.54, 1.807) is 11.8 Å². The summed E-state index contributed by atoms with van der Waals surface area (Å²) in [4.78, 5) is 14.9. The summed E-state index contributed by atoms with van der Waals surface area (Å²) in [6, 6.07) is 27.0. The Morgan fingerprint density at radius 1 is 0.769 bits per heavy atom. The highest BCUT2D eigenvalue weighted by Gasteiger charge is 2.39. The third kappa shape index (κ3) is 8.40. The molecule has 4 rings (SSSR count). The lowest BCUT2D eigenvalue weighted by Crippen LogP contribution is -2.38. The van der Waals surface area contributed by atoms with E-state index in [1.165, 1.54) is 53.9 Å². The second-order valence-corrected chi connectivity index (χ2v) is 12.6. The summed E-state index contributed by atoms with van der Waals surface area (Å²) < 4.78 is 5.29. The van der Waals surface area contributed by atoms with Crippen LogP contribution < -0.4 is 4.74 Å². The number of benzene rings is 3. The lowest BCUT2D eigenvalue weighted by Gasteiger charge is -2.29. The number of thioether (sulfide) groups is 2. The van der Waals surface area contributed by atoms with Crippen molar-refractivity contribution in [3.05, 3.63) is 103 Å². The lowest BCUT2D eigenvalue weighted by atomic mass is 9.92. The van der Waals surface area contributed by atoms with E-state index in [2.05, 4.69) is 68.5 Å². The first-order valence-corrected chi connectivity index (χ1v) is 16.2. The minimum atomic E-state index is -0.699. The van der Waals surface area contributed by atoms with Gasteiger partial charge in [0.15, 0.2) is 0 Å². The van der Waals surface area contributed by atoms with Gasteiger partial charge in [0.05, 0.1) is 0 Å². The molecule has 1 aliphatic rings. The maximum absolute atomic E-state index is 13.6. The fourth-order valence-corrected chi connectivity index (χ4v) is 6.74. The Kier molecular flexibility index (Phi) is 11.4. The van der Waals surface area contributed by atoms with Crippen LogP contribution in [0.3, 0.4) is 0 Å². The Morgan fingerprint density at radius 3 is 2.03 bits per heavy atom. The lowest BCUT2D eigenvalue weighted by molar-refractivity contribution is -0.135. The van der Waals surface area contributed by atoms with Gasteiger partial charge in [-0.25, -0.2) is 4.79 Å². The molecule has 204 valence electrons. The second kappa shape index (κ2) is 15.2. The maximum Gasteiger partial charge on any atom is 0.331 e. The molecule has 3 aromatic rings. The maximum atomic E-state index is 13.6. The number of allylic oxidation sites excluding steroid dienone is 3. The largest absolute Gasteiger partial charge is 0.425 e. The monoisotopic (exact) mass is 556 g/mol. The van der Waals surface area contributed by atoms with E-state index in [4.69, 9.17) is 4.74 Å². The van der Waals surface area contributed by atoms with Crippen molar-refractivity contribution in [3.63, 3.8) is 0 Å². The second-order valence-electron chi connectivity index (χ2n) is 10.0. The van der Waals surface area contributed by atoms with Crippen molar-refractivity contribution >= 4 is 35.1 Å². The molecule has 0 saturated carbocycles. The van der Waals surface area contributed by atoms with E-state index in [0.717, 1.165) is 23.3 Å². The van der Waals surface area contributed by atoms with Gasteiger partial charge in [0.25, 0.3) is 0 Å². The Balaban J connectivity index is 1.41. The molecule has 0 N–H and O–H groups in total. The molecule has 1 aliphatic carbocycles. The van der Waals surface area contributed by atoms with E-state index < -0.39 is 4.75 Å². The minimum Gasteiger partial charge on any atom is -0.425 e. The van der Waals surface area contributed by atoms with Gasteiger partial charge >= 0.3 is 5.97 Å². The molecule has 39 heavy (non-hydrogen) atoms. The fraction of sp³-hybridized carbons (Fsp3) is 0.343. The Hall–Kier alpha value is -2.69. The zero-order valence-corrected chi connectivity index (χ0v) is 24.9. The zero-order valence-electron chi connectivity index (χ0n) is 23.2. The van der Waals surface area contributed by atoms with Crippen molar-refractivity contribution in [1.29, 1.82) is 0 Å². The van der Waals surface area contributed by atoms with E-state index in [0.29, 0.717) is 12.2 Å². The van der Waals surface area contributed by atoms with Crippen LogP contribution in [-0.2, 0) is 4.79 Å². The van der Waals surface area contributed by atoms with E-state index in [9.17, 15) is 4.79 Å². The van der Waals surface area contributed by atoms with Crippen LogP contribution >= 0.6 is 23.5 Å². The summed E-state index contributed by atoms with van der Waals surface area (Å²) in [5.74, 6) is 2.50. The average molecular weight is 557 g/mol. The number of unbranched alkanes of at least 4 members (excludes halogenated alkanes) is 4. The number of carbonyl (C=O) groups is 1. The van der Waals surface area contributed by atoms with Crippen LogP contribution in [0, 0.1) is 0 Å². The number of carbonyl (C=O) groups excluding carboxylic acids is 1. The van der Waals surface area contributed by atoms with Gasteiger partial charge in [-0.1, -0.05) is 112 Å². The van der Waals surface area contributed by atoms with Crippen LogP contribution in [0.2, 0.25) is 0 Å². The van der Waals surface area contributed by atoms with Crippen LogP contribution in [-0.4, -0.2) is 22.2 Å². The quantitative estimate of drug-likeness (QED) is 0.0854. The van der Waals surface area contributed by atoms with Crippen LogP contribution in [0.4, 0.5) is 0 Å². The molecule has 0 aliphatic heterocycles. The summed E-state index contributed by atoms with van der Waals surface area (Å²) in [7, 11) is 0. The summed E-state index contributed by atoms with van der Waals surface area (Å²) in [5.41, 5.74) is 4.62. The van der Waals surface area contributed by atoms with Crippen molar-refractivity contribution in [2.24, 2.45) is 0 Å². The van der Waals surface area contributed by atoms with Gasteiger partial charge < -0.3 is 4.74 Å². The average Bonchev–Trinajstić information content (AvgIpc) is 2.99. The van der Waals surface area contributed by atoms with Gasteiger partial charge in [-0.05, 0) is 77.3 Å². The highest BCUT2D eigenvalue weighted by Crippen LogP contribution is 2.39. The summed E-state index contributed by atoms with van der Waals surface area (Å²) >= 11 is 3.64. The highest BCUT2D eigenvalue weighted by molar-refractivity contribution is 8.01. The molecule has 0 spiro atoms. The zero-order chi connectivity index (χ0) is 27.3. The SMILES string of the molecule is CCCCCSc1ccc(-c2ccc(OC(=O)C3(SCCCCC)C=CC(c4ccccc4)=CC3)cc2)cc1. The van der Waals surface area contributed by atoms with E-state index in [-0.39, 0.29) is 5.97 Å². The first-order valence-electron chi connectivity index (χ1n) is 14.3. The molecule has 0 fully saturated rings. The number of hydrogen-bond donors (Lipinski definition) is 0. The molecule has 1 atom stereocenters. The molecular formula is C35H40O2S2. The number of esters is 1. The number of hydrogen-bond acceptors (Lipinski definition) is 4. The van der Waals surface area contributed by atoms with Crippen molar-refractivity contribution in [2.45, 2.75) is 68.4 Å². The molecule has 0 amide bonds. The van der Waals surface area contributed by atoms with E-state index >= 15 is 0 Å². The molecule has 0 radical (unpaired) electrons. The Morgan fingerprint density at radius 2 is 1.41 bits per heavy atom.